The topological polar surface area (TPSA) is 71.4 Å². The number of carboxylic acid groups (broad SMARTS) is 1. The van der Waals surface area contributed by atoms with Gasteiger partial charge >= 0.3 is 5.97 Å². The highest BCUT2D eigenvalue weighted by Gasteiger charge is 2.07. The van der Waals surface area contributed by atoms with E-state index in [-0.39, 0.29) is 5.75 Å². The second-order valence-electron chi connectivity index (χ2n) is 3.44. The van der Waals surface area contributed by atoms with E-state index in [1.807, 2.05) is 0 Å². The summed E-state index contributed by atoms with van der Waals surface area (Å²) in [5.41, 5.74) is 1.21. The SMILES string of the molecule is CS(=O)(=O)Cc1ccccc1C=CC(=O)O. The number of benzene rings is 1. The highest BCUT2D eigenvalue weighted by molar-refractivity contribution is 7.89. The fourth-order valence-electron chi connectivity index (χ4n) is 1.27. The number of hydrogen-bond donors (Lipinski definition) is 1. The number of hydrogen-bond acceptors (Lipinski definition) is 3. The summed E-state index contributed by atoms with van der Waals surface area (Å²) < 4.78 is 22.3. The molecule has 0 saturated carbocycles. The van der Waals surface area contributed by atoms with Crippen molar-refractivity contribution in [3.05, 3.63) is 41.5 Å². The predicted octanol–water partition coefficient (Wildman–Crippen LogP) is 1.33. The van der Waals surface area contributed by atoms with Gasteiger partial charge in [-0.3, -0.25) is 0 Å². The highest BCUT2D eigenvalue weighted by Crippen LogP contribution is 2.13. The zero-order valence-corrected chi connectivity index (χ0v) is 9.57. The molecule has 0 saturated heterocycles. The van der Waals surface area contributed by atoms with E-state index in [1.54, 1.807) is 24.3 Å². The van der Waals surface area contributed by atoms with Crippen LogP contribution in [0, 0.1) is 0 Å². The zero-order valence-electron chi connectivity index (χ0n) is 8.75. The van der Waals surface area contributed by atoms with Gasteiger partial charge in [0.1, 0.15) is 0 Å². The van der Waals surface area contributed by atoms with Crippen molar-refractivity contribution >= 4 is 21.9 Å². The Kier molecular flexibility index (Phi) is 3.84. The van der Waals surface area contributed by atoms with Crippen LogP contribution in [0.3, 0.4) is 0 Å². The molecule has 0 aliphatic rings. The van der Waals surface area contributed by atoms with Crippen molar-refractivity contribution < 1.29 is 18.3 Å². The van der Waals surface area contributed by atoms with E-state index in [4.69, 9.17) is 5.11 Å². The van der Waals surface area contributed by atoms with E-state index in [1.165, 1.54) is 6.08 Å². The van der Waals surface area contributed by atoms with Crippen LogP contribution >= 0.6 is 0 Å². The van der Waals surface area contributed by atoms with E-state index in [2.05, 4.69) is 0 Å². The van der Waals surface area contributed by atoms with Crippen LogP contribution in [0.25, 0.3) is 6.08 Å². The maximum absolute atomic E-state index is 11.2. The van der Waals surface area contributed by atoms with Gasteiger partial charge in [-0.1, -0.05) is 24.3 Å². The maximum atomic E-state index is 11.2. The molecule has 0 heterocycles. The number of carboxylic acids is 1. The fraction of sp³-hybridized carbons (Fsp3) is 0.182. The average Bonchev–Trinajstić information content (AvgIpc) is 2.14. The van der Waals surface area contributed by atoms with Crippen LogP contribution < -0.4 is 0 Å². The van der Waals surface area contributed by atoms with Crippen molar-refractivity contribution in [3.8, 4) is 0 Å². The van der Waals surface area contributed by atoms with E-state index in [9.17, 15) is 13.2 Å². The van der Waals surface area contributed by atoms with Gasteiger partial charge in [0.25, 0.3) is 0 Å². The number of aliphatic carboxylic acids is 1. The molecule has 0 aliphatic heterocycles. The predicted molar refractivity (Wildman–Crippen MR) is 61.7 cm³/mol. The van der Waals surface area contributed by atoms with E-state index in [0.717, 1.165) is 12.3 Å². The molecule has 4 nitrogen and oxygen atoms in total. The van der Waals surface area contributed by atoms with E-state index in [0.29, 0.717) is 11.1 Å². The van der Waals surface area contributed by atoms with Crippen molar-refractivity contribution in [3.63, 3.8) is 0 Å². The Hall–Kier alpha value is -1.62. The Labute approximate surface area is 94.1 Å². The third-order valence-corrected chi connectivity index (χ3v) is 2.71. The molecule has 0 bridgehead atoms. The second kappa shape index (κ2) is 4.94. The Balaban J connectivity index is 3.05. The monoisotopic (exact) mass is 240 g/mol. The lowest BCUT2D eigenvalue weighted by atomic mass is 10.1. The molecular formula is C11H12O4S. The van der Waals surface area contributed by atoms with Gasteiger partial charge < -0.3 is 5.11 Å². The smallest absolute Gasteiger partial charge is 0.328 e. The Bertz CT molecular complexity index is 515. The molecule has 0 unspecified atom stereocenters. The summed E-state index contributed by atoms with van der Waals surface area (Å²) in [6, 6.07) is 6.80. The largest absolute Gasteiger partial charge is 0.478 e. The normalized spacial score (nSPS) is 11.8. The van der Waals surface area contributed by atoms with Crippen LogP contribution in [-0.2, 0) is 20.4 Å². The molecule has 0 atom stereocenters. The van der Waals surface area contributed by atoms with Crippen molar-refractivity contribution in [2.24, 2.45) is 0 Å². The third-order valence-electron chi connectivity index (χ3n) is 1.88. The Morgan fingerprint density at radius 1 is 1.38 bits per heavy atom. The van der Waals surface area contributed by atoms with Crippen molar-refractivity contribution in [1.82, 2.24) is 0 Å². The Morgan fingerprint density at radius 2 is 2.00 bits per heavy atom. The maximum Gasteiger partial charge on any atom is 0.328 e. The minimum absolute atomic E-state index is 0.0901. The molecule has 0 amide bonds. The molecule has 0 aromatic heterocycles. The lowest BCUT2D eigenvalue weighted by Crippen LogP contribution is -2.02. The lowest BCUT2D eigenvalue weighted by molar-refractivity contribution is -0.131. The van der Waals surface area contributed by atoms with Crippen LogP contribution in [0.2, 0.25) is 0 Å². The molecule has 0 spiro atoms. The first kappa shape index (κ1) is 12.4. The summed E-state index contributed by atoms with van der Waals surface area (Å²) in [7, 11) is -3.12. The molecule has 0 fully saturated rings. The van der Waals surface area contributed by atoms with E-state index < -0.39 is 15.8 Å². The quantitative estimate of drug-likeness (QED) is 0.806. The molecule has 1 aromatic carbocycles. The van der Waals surface area contributed by atoms with Gasteiger partial charge in [-0.15, -0.1) is 0 Å². The van der Waals surface area contributed by atoms with Gasteiger partial charge in [-0.25, -0.2) is 13.2 Å². The second-order valence-corrected chi connectivity index (χ2v) is 5.58. The number of sulfone groups is 1. The van der Waals surface area contributed by atoms with Gasteiger partial charge in [-0.05, 0) is 17.2 Å². The Morgan fingerprint density at radius 3 is 2.56 bits per heavy atom. The molecule has 1 N–H and O–H groups in total. The van der Waals surface area contributed by atoms with Crippen LogP contribution in [-0.4, -0.2) is 25.7 Å². The summed E-state index contributed by atoms with van der Waals surface area (Å²) in [5, 5.41) is 8.49. The molecule has 0 radical (unpaired) electrons. The molecule has 1 aromatic rings. The van der Waals surface area contributed by atoms with Gasteiger partial charge in [-0.2, -0.15) is 0 Å². The molecule has 5 heteroatoms. The van der Waals surface area contributed by atoms with Crippen LogP contribution in [0.5, 0.6) is 0 Å². The third kappa shape index (κ3) is 4.27. The van der Waals surface area contributed by atoms with Crippen molar-refractivity contribution in [2.45, 2.75) is 5.75 Å². The zero-order chi connectivity index (χ0) is 12.2. The standard InChI is InChI=1S/C11H12O4S/c1-16(14,15)8-10-5-3-2-4-9(10)6-7-11(12)13/h2-7H,8H2,1H3,(H,12,13). The van der Waals surface area contributed by atoms with E-state index >= 15 is 0 Å². The lowest BCUT2D eigenvalue weighted by Gasteiger charge is -2.03. The average molecular weight is 240 g/mol. The highest BCUT2D eigenvalue weighted by atomic mass is 32.2. The minimum atomic E-state index is -3.12. The number of rotatable bonds is 4. The summed E-state index contributed by atoms with van der Waals surface area (Å²) in [6.45, 7) is 0. The first-order valence-corrected chi connectivity index (χ1v) is 6.61. The molecule has 86 valence electrons. The first-order valence-electron chi connectivity index (χ1n) is 4.55. The van der Waals surface area contributed by atoms with Gasteiger partial charge in [0.05, 0.1) is 5.75 Å². The fourth-order valence-corrected chi connectivity index (χ4v) is 2.10. The summed E-state index contributed by atoms with van der Waals surface area (Å²) in [6.07, 6.45) is 3.52. The van der Waals surface area contributed by atoms with Crippen molar-refractivity contribution in [2.75, 3.05) is 6.26 Å². The summed E-state index contributed by atoms with van der Waals surface area (Å²) in [4.78, 5) is 10.4. The van der Waals surface area contributed by atoms with Crippen LogP contribution in [0.1, 0.15) is 11.1 Å². The molecule has 0 aliphatic carbocycles. The first-order chi connectivity index (χ1) is 7.38. The summed E-state index contributed by atoms with van der Waals surface area (Å²) in [5.74, 6) is -1.15. The van der Waals surface area contributed by atoms with Gasteiger partial charge in [0, 0.05) is 12.3 Å². The van der Waals surface area contributed by atoms with Crippen LogP contribution in [0.15, 0.2) is 30.3 Å². The molecular weight excluding hydrogens is 228 g/mol. The van der Waals surface area contributed by atoms with Gasteiger partial charge in [0.2, 0.25) is 0 Å². The number of carbonyl (C=O) groups is 1. The van der Waals surface area contributed by atoms with Gasteiger partial charge in [0.15, 0.2) is 9.84 Å². The minimum Gasteiger partial charge on any atom is -0.478 e. The van der Waals surface area contributed by atoms with Crippen LogP contribution in [0.4, 0.5) is 0 Å². The van der Waals surface area contributed by atoms with Crippen molar-refractivity contribution in [1.29, 1.82) is 0 Å². The summed E-state index contributed by atoms with van der Waals surface area (Å²) >= 11 is 0. The molecule has 1 rings (SSSR count). The molecule has 16 heavy (non-hydrogen) atoms.